The summed E-state index contributed by atoms with van der Waals surface area (Å²) < 4.78 is 2.24. The normalized spacial score (nSPS) is 18.7. The molecule has 3 nitrogen and oxygen atoms in total. The fraction of sp³-hybridized carbons (Fsp3) is 0.333. The van der Waals surface area contributed by atoms with Crippen molar-refractivity contribution in [2.45, 2.75) is 30.3 Å². The van der Waals surface area contributed by atoms with E-state index in [1.54, 1.807) is 0 Å². The molecule has 0 fully saturated rings. The molecule has 2 aromatic rings. The molecule has 1 aromatic carbocycles. The molecule has 0 saturated heterocycles. The van der Waals surface area contributed by atoms with Crippen molar-refractivity contribution in [2.75, 3.05) is 0 Å². The Morgan fingerprint density at radius 3 is 2.94 bits per heavy atom. The molecule has 1 atom stereocenters. The molecule has 0 bridgehead atoms. The van der Waals surface area contributed by atoms with Gasteiger partial charge in [-0.05, 0) is 5.56 Å². The van der Waals surface area contributed by atoms with Crippen molar-refractivity contribution in [1.82, 2.24) is 14.8 Å². The lowest BCUT2D eigenvalue weighted by molar-refractivity contribution is 0.640. The van der Waals surface area contributed by atoms with Gasteiger partial charge in [0.25, 0.3) is 0 Å². The SMILES string of the molecule is CC1Cn2c(Cc3ccccc3)nnc2S1. The summed E-state index contributed by atoms with van der Waals surface area (Å²) in [6.07, 6.45) is 0.876. The predicted octanol–water partition coefficient (Wildman–Crippen LogP) is 2.36. The maximum Gasteiger partial charge on any atom is 0.191 e. The number of fused-ring (bicyclic) bond motifs is 1. The Labute approximate surface area is 98.9 Å². The maximum atomic E-state index is 4.26. The van der Waals surface area contributed by atoms with Crippen molar-refractivity contribution in [1.29, 1.82) is 0 Å². The molecule has 0 amide bonds. The predicted molar refractivity (Wildman–Crippen MR) is 64.6 cm³/mol. The molecule has 3 rings (SSSR count). The summed E-state index contributed by atoms with van der Waals surface area (Å²) in [5.74, 6) is 1.08. The van der Waals surface area contributed by atoms with Gasteiger partial charge < -0.3 is 4.57 Å². The van der Waals surface area contributed by atoms with Gasteiger partial charge in [-0.3, -0.25) is 0 Å². The van der Waals surface area contributed by atoms with E-state index in [0.29, 0.717) is 5.25 Å². The van der Waals surface area contributed by atoms with Crippen LogP contribution in [0.25, 0.3) is 0 Å². The number of hydrogen-bond acceptors (Lipinski definition) is 3. The van der Waals surface area contributed by atoms with Gasteiger partial charge in [0.15, 0.2) is 5.16 Å². The number of aromatic nitrogens is 3. The number of rotatable bonds is 2. The maximum absolute atomic E-state index is 4.26. The zero-order valence-corrected chi connectivity index (χ0v) is 9.94. The van der Waals surface area contributed by atoms with Gasteiger partial charge in [0.2, 0.25) is 0 Å². The second-order valence-electron chi connectivity index (χ2n) is 4.10. The zero-order chi connectivity index (χ0) is 11.0. The second kappa shape index (κ2) is 3.94. The number of thioether (sulfide) groups is 1. The van der Waals surface area contributed by atoms with Crippen LogP contribution in [0.4, 0.5) is 0 Å². The average Bonchev–Trinajstić information content (AvgIpc) is 2.81. The van der Waals surface area contributed by atoms with Crippen LogP contribution in [0.3, 0.4) is 0 Å². The van der Waals surface area contributed by atoms with E-state index in [2.05, 4.69) is 46.0 Å². The fourth-order valence-electron chi connectivity index (χ4n) is 1.97. The largest absolute Gasteiger partial charge is 0.305 e. The summed E-state index contributed by atoms with van der Waals surface area (Å²) in [7, 11) is 0. The summed E-state index contributed by atoms with van der Waals surface area (Å²) >= 11 is 1.81. The van der Waals surface area contributed by atoms with Crippen LogP contribution in [0, 0.1) is 0 Å². The van der Waals surface area contributed by atoms with E-state index in [1.807, 2.05) is 17.8 Å². The van der Waals surface area contributed by atoms with Crippen molar-refractivity contribution in [3.05, 3.63) is 41.7 Å². The minimum absolute atomic E-state index is 0.625. The highest BCUT2D eigenvalue weighted by Crippen LogP contribution is 2.31. The average molecular weight is 231 g/mol. The summed E-state index contributed by atoms with van der Waals surface area (Å²) in [6, 6.07) is 10.4. The Hall–Kier alpha value is -1.29. The first-order chi connectivity index (χ1) is 7.83. The van der Waals surface area contributed by atoms with Crippen LogP contribution in [-0.2, 0) is 13.0 Å². The molecule has 1 unspecified atom stereocenters. The van der Waals surface area contributed by atoms with Gasteiger partial charge in [-0.25, -0.2) is 0 Å². The minimum atomic E-state index is 0.625. The van der Waals surface area contributed by atoms with Crippen LogP contribution in [-0.4, -0.2) is 20.0 Å². The van der Waals surface area contributed by atoms with Crippen LogP contribution in [0.5, 0.6) is 0 Å². The highest BCUT2D eigenvalue weighted by Gasteiger charge is 2.23. The highest BCUT2D eigenvalue weighted by molar-refractivity contribution is 7.99. The van der Waals surface area contributed by atoms with Gasteiger partial charge in [0.05, 0.1) is 0 Å². The third-order valence-electron chi connectivity index (χ3n) is 2.74. The van der Waals surface area contributed by atoms with Crippen molar-refractivity contribution >= 4 is 11.8 Å². The minimum Gasteiger partial charge on any atom is -0.305 e. The molecule has 1 aliphatic rings. The van der Waals surface area contributed by atoms with E-state index >= 15 is 0 Å². The number of benzene rings is 1. The molecule has 0 aliphatic carbocycles. The van der Waals surface area contributed by atoms with Gasteiger partial charge in [0, 0.05) is 18.2 Å². The third kappa shape index (κ3) is 1.73. The summed E-state index contributed by atoms with van der Waals surface area (Å²) in [4.78, 5) is 0. The van der Waals surface area contributed by atoms with Gasteiger partial charge in [-0.15, -0.1) is 10.2 Å². The lowest BCUT2D eigenvalue weighted by Crippen LogP contribution is -2.06. The topological polar surface area (TPSA) is 30.7 Å². The molecule has 82 valence electrons. The molecule has 2 heterocycles. The Morgan fingerprint density at radius 1 is 1.31 bits per heavy atom. The third-order valence-corrected chi connectivity index (χ3v) is 3.81. The molecule has 16 heavy (non-hydrogen) atoms. The van der Waals surface area contributed by atoms with E-state index in [4.69, 9.17) is 0 Å². The first-order valence-electron chi connectivity index (χ1n) is 5.45. The Kier molecular flexibility index (Phi) is 2.44. The Balaban J connectivity index is 1.87. The highest BCUT2D eigenvalue weighted by atomic mass is 32.2. The quantitative estimate of drug-likeness (QED) is 0.795. The van der Waals surface area contributed by atoms with E-state index in [-0.39, 0.29) is 0 Å². The van der Waals surface area contributed by atoms with E-state index in [1.165, 1.54) is 5.56 Å². The van der Waals surface area contributed by atoms with Crippen LogP contribution >= 0.6 is 11.8 Å². The van der Waals surface area contributed by atoms with Crippen LogP contribution in [0.1, 0.15) is 18.3 Å². The van der Waals surface area contributed by atoms with Crippen molar-refractivity contribution < 1.29 is 0 Å². The molecule has 1 aliphatic heterocycles. The molecule has 0 radical (unpaired) electrons. The van der Waals surface area contributed by atoms with Gasteiger partial charge >= 0.3 is 0 Å². The van der Waals surface area contributed by atoms with Crippen LogP contribution in [0.15, 0.2) is 35.5 Å². The zero-order valence-electron chi connectivity index (χ0n) is 9.13. The first-order valence-corrected chi connectivity index (χ1v) is 6.33. The molecule has 4 heteroatoms. The van der Waals surface area contributed by atoms with Gasteiger partial charge in [0.1, 0.15) is 5.82 Å². The van der Waals surface area contributed by atoms with Gasteiger partial charge in [-0.1, -0.05) is 49.0 Å². The first kappa shape index (κ1) is 9.90. The van der Waals surface area contributed by atoms with E-state index in [0.717, 1.165) is 23.9 Å². The Bertz CT molecular complexity index is 492. The molecular weight excluding hydrogens is 218 g/mol. The molecular formula is C12H13N3S. The van der Waals surface area contributed by atoms with Crippen molar-refractivity contribution in [3.8, 4) is 0 Å². The molecule has 0 spiro atoms. The lowest BCUT2D eigenvalue weighted by Gasteiger charge is -2.03. The summed E-state index contributed by atoms with van der Waals surface area (Å²) in [5, 5.41) is 10.2. The lowest BCUT2D eigenvalue weighted by atomic mass is 10.1. The summed E-state index contributed by atoms with van der Waals surface area (Å²) in [5.41, 5.74) is 1.29. The van der Waals surface area contributed by atoms with Crippen LogP contribution in [0.2, 0.25) is 0 Å². The molecule has 0 N–H and O–H groups in total. The molecule has 0 saturated carbocycles. The van der Waals surface area contributed by atoms with E-state index in [9.17, 15) is 0 Å². The van der Waals surface area contributed by atoms with Gasteiger partial charge in [-0.2, -0.15) is 0 Å². The fourth-order valence-corrected chi connectivity index (χ4v) is 2.95. The molecule has 1 aromatic heterocycles. The summed E-state index contributed by atoms with van der Waals surface area (Å²) in [6.45, 7) is 3.26. The second-order valence-corrected chi connectivity index (χ2v) is 5.51. The monoisotopic (exact) mass is 231 g/mol. The van der Waals surface area contributed by atoms with Crippen molar-refractivity contribution in [2.24, 2.45) is 0 Å². The Morgan fingerprint density at radius 2 is 2.12 bits per heavy atom. The number of nitrogens with zero attached hydrogens (tertiary/aromatic N) is 3. The van der Waals surface area contributed by atoms with Crippen LogP contribution < -0.4 is 0 Å². The van der Waals surface area contributed by atoms with E-state index < -0.39 is 0 Å². The standard InChI is InChI=1S/C12H13N3S/c1-9-8-15-11(13-14-12(15)16-9)7-10-5-3-2-4-6-10/h2-6,9H,7-8H2,1H3. The smallest absolute Gasteiger partial charge is 0.191 e. The number of hydrogen-bond donors (Lipinski definition) is 0. The van der Waals surface area contributed by atoms with Crippen molar-refractivity contribution in [3.63, 3.8) is 0 Å².